The normalized spacial score (nSPS) is 11.3. The summed E-state index contributed by atoms with van der Waals surface area (Å²) in [6, 6.07) is 13.8. The summed E-state index contributed by atoms with van der Waals surface area (Å²) in [7, 11) is -3.76. The van der Waals surface area contributed by atoms with Crippen molar-refractivity contribution in [1.29, 1.82) is 0 Å². The summed E-state index contributed by atoms with van der Waals surface area (Å²) >= 11 is 0. The zero-order chi connectivity index (χ0) is 13.9. The highest BCUT2D eigenvalue weighted by Gasteiger charge is 2.17. The molecule has 2 aromatic rings. The van der Waals surface area contributed by atoms with E-state index < -0.39 is 10.1 Å². The highest BCUT2D eigenvalue weighted by molar-refractivity contribution is 7.87. The molecular formula is C15H16O3S. The lowest BCUT2D eigenvalue weighted by Gasteiger charge is -2.09. The molecule has 0 heterocycles. The molecule has 0 spiro atoms. The zero-order valence-electron chi connectivity index (χ0n) is 11.0. The molecule has 100 valence electrons. The van der Waals surface area contributed by atoms with E-state index in [9.17, 15) is 8.42 Å². The molecule has 0 N–H and O–H groups in total. The Morgan fingerprint density at radius 3 is 2.21 bits per heavy atom. The maximum absolute atomic E-state index is 12.1. The predicted molar refractivity (Wildman–Crippen MR) is 74.8 cm³/mol. The van der Waals surface area contributed by atoms with Gasteiger partial charge in [-0.3, -0.25) is 0 Å². The molecule has 0 aliphatic rings. The van der Waals surface area contributed by atoms with E-state index >= 15 is 0 Å². The minimum Gasteiger partial charge on any atom is -0.379 e. The number of hydrogen-bond donors (Lipinski definition) is 0. The minimum atomic E-state index is -3.76. The average molecular weight is 276 g/mol. The summed E-state index contributed by atoms with van der Waals surface area (Å²) in [5, 5.41) is 0. The maximum atomic E-state index is 12.1. The lowest BCUT2D eigenvalue weighted by molar-refractivity contribution is 0.484. The second-order valence-corrected chi connectivity index (χ2v) is 5.85. The largest absolute Gasteiger partial charge is 0.379 e. The molecule has 2 rings (SSSR count). The van der Waals surface area contributed by atoms with Crippen LogP contribution in [-0.4, -0.2) is 8.42 Å². The molecule has 0 saturated carbocycles. The molecule has 19 heavy (non-hydrogen) atoms. The van der Waals surface area contributed by atoms with Gasteiger partial charge in [-0.15, -0.1) is 0 Å². The van der Waals surface area contributed by atoms with Crippen molar-refractivity contribution < 1.29 is 12.6 Å². The van der Waals surface area contributed by atoms with Crippen molar-refractivity contribution in [3.63, 3.8) is 0 Å². The summed E-state index contributed by atoms with van der Waals surface area (Å²) in [6.45, 7) is 3.83. The van der Waals surface area contributed by atoms with Crippen LogP contribution < -0.4 is 4.18 Å². The van der Waals surface area contributed by atoms with Crippen LogP contribution in [-0.2, 0) is 16.5 Å². The highest BCUT2D eigenvalue weighted by Crippen LogP contribution is 2.22. The summed E-state index contributed by atoms with van der Waals surface area (Å²) in [5.74, 6) is 0.363. The molecule has 0 aliphatic heterocycles. The molecule has 0 fully saturated rings. The summed E-state index contributed by atoms with van der Waals surface area (Å²) in [5.41, 5.74) is 1.88. The molecule has 2 aromatic carbocycles. The van der Waals surface area contributed by atoms with Crippen molar-refractivity contribution >= 4 is 10.1 Å². The lowest BCUT2D eigenvalue weighted by Crippen LogP contribution is -2.10. The fraction of sp³-hybridized carbons (Fsp3) is 0.200. The first-order valence-electron chi connectivity index (χ1n) is 6.12. The van der Waals surface area contributed by atoms with Gasteiger partial charge in [0.25, 0.3) is 0 Å². The van der Waals surface area contributed by atoms with Crippen molar-refractivity contribution in [3.05, 3.63) is 59.7 Å². The Balaban J connectivity index is 2.30. The van der Waals surface area contributed by atoms with Crippen LogP contribution in [0, 0.1) is 6.92 Å². The quantitative estimate of drug-likeness (QED) is 0.804. The number of benzene rings is 2. The van der Waals surface area contributed by atoms with Gasteiger partial charge >= 0.3 is 10.1 Å². The highest BCUT2D eigenvalue weighted by atomic mass is 32.2. The van der Waals surface area contributed by atoms with Gasteiger partial charge < -0.3 is 4.18 Å². The average Bonchev–Trinajstić information content (AvgIpc) is 2.41. The van der Waals surface area contributed by atoms with E-state index in [-0.39, 0.29) is 4.90 Å². The van der Waals surface area contributed by atoms with Crippen LogP contribution in [0.3, 0.4) is 0 Å². The Labute approximate surface area is 114 Å². The van der Waals surface area contributed by atoms with Gasteiger partial charge in [-0.2, -0.15) is 8.42 Å². The second kappa shape index (κ2) is 5.45. The first kappa shape index (κ1) is 13.6. The molecular weight excluding hydrogens is 260 g/mol. The van der Waals surface area contributed by atoms with Crippen molar-refractivity contribution in [2.75, 3.05) is 0 Å². The Morgan fingerprint density at radius 2 is 1.63 bits per heavy atom. The second-order valence-electron chi connectivity index (χ2n) is 4.30. The minimum absolute atomic E-state index is 0.174. The van der Waals surface area contributed by atoms with Crippen LogP contribution in [0.15, 0.2) is 53.4 Å². The summed E-state index contributed by atoms with van der Waals surface area (Å²) in [4.78, 5) is 0.174. The molecule has 0 atom stereocenters. The maximum Gasteiger partial charge on any atom is 0.339 e. The summed E-state index contributed by atoms with van der Waals surface area (Å²) in [6.07, 6.45) is 0.874. The molecule has 0 aliphatic carbocycles. The monoisotopic (exact) mass is 276 g/mol. The zero-order valence-corrected chi connectivity index (χ0v) is 11.8. The van der Waals surface area contributed by atoms with Crippen LogP contribution in [0.25, 0.3) is 0 Å². The standard InChI is InChI=1S/C15H16O3S/c1-3-13-8-10-14(11-9-13)19(16,17)18-15-7-5-4-6-12(15)2/h4-11H,3H2,1-2H3. The summed E-state index contributed by atoms with van der Waals surface area (Å²) < 4.78 is 29.4. The molecule has 0 amide bonds. The molecule has 4 heteroatoms. The van der Waals surface area contributed by atoms with Crippen molar-refractivity contribution in [2.24, 2.45) is 0 Å². The lowest BCUT2D eigenvalue weighted by atomic mass is 10.2. The van der Waals surface area contributed by atoms with Gasteiger partial charge in [0.1, 0.15) is 10.6 Å². The third kappa shape index (κ3) is 3.15. The molecule has 0 unspecified atom stereocenters. The van der Waals surface area contributed by atoms with Crippen LogP contribution in [0.5, 0.6) is 5.75 Å². The topological polar surface area (TPSA) is 43.4 Å². The van der Waals surface area contributed by atoms with Crippen LogP contribution in [0.4, 0.5) is 0 Å². The van der Waals surface area contributed by atoms with E-state index in [2.05, 4.69) is 0 Å². The van der Waals surface area contributed by atoms with E-state index in [4.69, 9.17) is 4.18 Å². The van der Waals surface area contributed by atoms with Gasteiger partial charge in [0, 0.05) is 0 Å². The Hall–Kier alpha value is -1.81. The fourth-order valence-corrected chi connectivity index (χ4v) is 2.70. The van der Waals surface area contributed by atoms with Gasteiger partial charge in [-0.1, -0.05) is 37.3 Å². The number of aryl methyl sites for hydroxylation is 2. The van der Waals surface area contributed by atoms with E-state index in [0.717, 1.165) is 17.5 Å². The van der Waals surface area contributed by atoms with Crippen LogP contribution in [0.1, 0.15) is 18.1 Å². The molecule has 3 nitrogen and oxygen atoms in total. The smallest absolute Gasteiger partial charge is 0.339 e. The van der Waals surface area contributed by atoms with Crippen LogP contribution >= 0.6 is 0 Å². The molecule has 0 saturated heterocycles. The number of hydrogen-bond acceptors (Lipinski definition) is 3. The van der Waals surface area contributed by atoms with E-state index in [1.807, 2.05) is 26.0 Å². The van der Waals surface area contributed by atoms with E-state index in [1.54, 1.807) is 36.4 Å². The predicted octanol–water partition coefficient (Wildman–Crippen LogP) is 3.33. The number of rotatable bonds is 4. The Morgan fingerprint density at radius 1 is 1.00 bits per heavy atom. The molecule has 0 radical (unpaired) electrons. The van der Waals surface area contributed by atoms with Crippen molar-refractivity contribution in [3.8, 4) is 5.75 Å². The third-order valence-electron chi connectivity index (χ3n) is 2.91. The first-order valence-corrected chi connectivity index (χ1v) is 7.53. The van der Waals surface area contributed by atoms with E-state index in [1.165, 1.54) is 0 Å². The van der Waals surface area contributed by atoms with Gasteiger partial charge in [0.2, 0.25) is 0 Å². The first-order chi connectivity index (χ1) is 9.03. The van der Waals surface area contributed by atoms with E-state index in [0.29, 0.717) is 5.75 Å². The van der Waals surface area contributed by atoms with Gasteiger partial charge in [0.15, 0.2) is 0 Å². The van der Waals surface area contributed by atoms with Crippen molar-refractivity contribution in [1.82, 2.24) is 0 Å². The molecule has 0 aromatic heterocycles. The molecule has 0 bridgehead atoms. The van der Waals surface area contributed by atoms with Gasteiger partial charge in [-0.05, 0) is 42.7 Å². The SMILES string of the molecule is CCc1ccc(S(=O)(=O)Oc2ccccc2C)cc1. The Kier molecular flexibility index (Phi) is 3.90. The fourth-order valence-electron chi connectivity index (χ4n) is 1.71. The van der Waals surface area contributed by atoms with Crippen LogP contribution in [0.2, 0.25) is 0 Å². The number of para-hydroxylation sites is 1. The Bertz CT molecular complexity index is 658. The van der Waals surface area contributed by atoms with Gasteiger partial charge in [0.05, 0.1) is 0 Å². The third-order valence-corrected chi connectivity index (χ3v) is 4.16. The van der Waals surface area contributed by atoms with Gasteiger partial charge in [-0.25, -0.2) is 0 Å². The van der Waals surface area contributed by atoms with Crippen molar-refractivity contribution in [2.45, 2.75) is 25.2 Å².